The van der Waals surface area contributed by atoms with Gasteiger partial charge in [-0.25, -0.2) is 0 Å². The van der Waals surface area contributed by atoms with E-state index in [4.69, 9.17) is 21.1 Å². The highest BCUT2D eigenvalue weighted by atomic mass is 35.5. The fourth-order valence-electron chi connectivity index (χ4n) is 7.74. The number of anilines is 2. The van der Waals surface area contributed by atoms with Crippen molar-refractivity contribution in [1.82, 2.24) is 4.90 Å². The monoisotopic (exact) mass is 649 g/mol. The third kappa shape index (κ3) is 5.73. The van der Waals surface area contributed by atoms with Gasteiger partial charge in [-0.2, -0.15) is 0 Å². The molecule has 0 aromatic heterocycles. The topological polar surface area (TPSA) is 99.6 Å². The molecule has 0 saturated carbocycles. The van der Waals surface area contributed by atoms with Crippen molar-refractivity contribution in [3.63, 3.8) is 0 Å². The number of carbonyl (C=O) groups excluding carboxylic acids is 3. The molecule has 9 nitrogen and oxygen atoms in total. The molecule has 3 heterocycles. The normalized spacial score (nSPS) is 26.1. The number of aliphatic hydroxyl groups is 1. The molecule has 46 heavy (non-hydrogen) atoms. The Morgan fingerprint density at radius 2 is 1.61 bits per heavy atom. The van der Waals surface area contributed by atoms with Crippen molar-refractivity contribution in [1.29, 1.82) is 0 Å². The van der Waals surface area contributed by atoms with Crippen molar-refractivity contribution in [3.05, 3.63) is 78.9 Å². The van der Waals surface area contributed by atoms with Crippen LogP contribution in [0, 0.1) is 11.8 Å². The summed E-state index contributed by atoms with van der Waals surface area (Å²) < 4.78 is 12.6. The first-order valence-electron chi connectivity index (χ1n) is 16.2. The van der Waals surface area contributed by atoms with Gasteiger partial charge in [0.15, 0.2) is 0 Å². The Kier molecular flexibility index (Phi) is 10.2. The Bertz CT molecular complexity index is 1450. The van der Waals surface area contributed by atoms with Gasteiger partial charge in [0, 0.05) is 42.6 Å². The van der Waals surface area contributed by atoms with E-state index in [1.807, 2.05) is 38.1 Å². The Balaban J connectivity index is 1.58. The average molecular weight is 650 g/mol. The standard InChI is InChI=1S/C36H44ClN3O6/c1-5-21-38(27-15-17-28(18-16-27)45-8-4)32(42)29-30-33(43)40(23-9-10-24-41)31(36(30)20-19-35(29,7-3)46-36)34(44)39(22-6-2)26-13-11-25(37)12-14-26/h5-6,11-18,29-31,41H,1-2,7-10,19-24H2,3-4H3/t29-,30-,31?,35+,36?/m0/s1. The van der Waals surface area contributed by atoms with Gasteiger partial charge in [-0.15, -0.1) is 13.2 Å². The number of rotatable bonds is 15. The zero-order chi connectivity index (χ0) is 33.1. The van der Waals surface area contributed by atoms with Crippen LogP contribution in [0.25, 0.3) is 0 Å². The van der Waals surface area contributed by atoms with Crippen molar-refractivity contribution in [2.24, 2.45) is 11.8 Å². The van der Waals surface area contributed by atoms with Crippen molar-refractivity contribution >= 4 is 40.7 Å². The highest BCUT2D eigenvalue weighted by Crippen LogP contribution is 2.65. The third-order valence-electron chi connectivity index (χ3n) is 9.74. The second-order valence-electron chi connectivity index (χ2n) is 12.2. The highest BCUT2D eigenvalue weighted by molar-refractivity contribution is 6.30. The summed E-state index contributed by atoms with van der Waals surface area (Å²) >= 11 is 6.16. The number of hydrogen-bond acceptors (Lipinski definition) is 6. The summed E-state index contributed by atoms with van der Waals surface area (Å²) in [5, 5.41) is 10.1. The van der Waals surface area contributed by atoms with Crippen molar-refractivity contribution in [2.45, 2.75) is 63.2 Å². The smallest absolute Gasteiger partial charge is 0.253 e. The second kappa shape index (κ2) is 14.0. The number of halogens is 1. The van der Waals surface area contributed by atoms with E-state index in [0.29, 0.717) is 60.9 Å². The number of ether oxygens (including phenoxy) is 2. The molecule has 3 saturated heterocycles. The molecule has 3 aliphatic rings. The zero-order valence-corrected chi connectivity index (χ0v) is 27.5. The summed E-state index contributed by atoms with van der Waals surface area (Å²) in [6.07, 6.45) is 5.82. The third-order valence-corrected chi connectivity index (χ3v) is 9.99. The minimum atomic E-state index is -1.19. The summed E-state index contributed by atoms with van der Waals surface area (Å²) in [7, 11) is 0. The first-order chi connectivity index (χ1) is 22.2. The van der Waals surface area contributed by atoms with E-state index in [0.717, 1.165) is 0 Å². The predicted molar refractivity (Wildman–Crippen MR) is 179 cm³/mol. The molecule has 3 aliphatic heterocycles. The largest absolute Gasteiger partial charge is 0.494 e. The molecule has 2 aromatic rings. The lowest BCUT2D eigenvalue weighted by atomic mass is 9.64. The van der Waals surface area contributed by atoms with Crippen LogP contribution < -0.4 is 14.5 Å². The van der Waals surface area contributed by atoms with E-state index in [-0.39, 0.29) is 44.0 Å². The Morgan fingerprint density at radius 3 is 2.17 bits per heavy atom. The van der Waals surface area contributed by atoms with Crippen LogP contribution in [0.5, 0.6) is 5.75 Å². The molecular weight excluding hydrogens is 606 g/mol. The van der Waals surface area contributed by atoms with E-state index in [1.54, 1.807) is 51.1 Å². The Hall–Kier alpha value is -3.66. The zero-order valence-electron chi connectivity index (χ0n) is 26.7. The van der Waals surface area contributed by atoms with Gasteiger partial charge in [0.25, 0.3) is 5.91 Å². The molecule has 0 radical (unpaired) electrons. The quantitative estimate of drug-likeness (QED) is 0.205. The van der Waals surface area contributed by atoms with Gasteiger partial charge in [-0.05, 0) is 87.6 Å². The molecule has 1 spiro atoms. The van der Waals surface area contributed by atoms with Gasteiger partial charge in [0.05, 0.1) is 24.0 Å². The maximum atomic E-state index is 14.8. The summed E-state index contributed by atoms with van der Waals surface area (Å²) in [6.45, 7) is 12.9. The van der Waals surface area contributed by atoms with E-state index in [9.17, 15) is 19.5 Å². The summed E-state index contributed by atoms with van der Waals surface area (Å²) in [4.78, 5) is 49.0. The average Bonchev–Trinajstić information content (AvgIpc) is 3.67. The number of fused-ring (bicyclic) bond motifs is 1. The van der Waals surface area contributed by atoms with E-state index in [1.165, 1.54) is 0 Å². The van der Waals surface area contributed by atoms with Gasteiger partial charge in [-0.1, -0.05) is 30.7 Å². The molecule has 2 unspecified atom stereocenters. The molecule has 2 bridgehead atoms. The van der Waals surface area contributed by atoms with Crippen LogP contribution >= 0.6 is 11.6 Å². The molecule has 5 rings (SSSR count). The molecule has 5 atom stereocenters. The van der Waals surface area contributed by atoms with Crippen LogP contribution in [-0.4, -0.2) is 77.8 Å². The van der Waals surface area contributed by atoms with Crippen molar-refractivity contribution in [3.8, 4) is 5.75 Å². The lowest BCUT2D eigenvalue weighted by Crippen LogP contribution is -2.56. The number of unbranched alkanes of at least 4 members (excludes halogenated alkanes) is 1. The van der Waals surface area contributed by atoms with Crippen LogP contribution in [0.15, 0.2) is 73.8 Å². The van der Waals surface area contributed by atoms with Crippen LogP contribution in [0.1, 0.15) is 46.0 Å². The summed E-state index contributed by atoms with van der Waals surface area (Å²) in [6, 6.07) is 13.3. The molecule has 1 N–H and O–H groups in total. The van der Waals surface area contributed by atoms with Gasteiger partial charge >= 0.3 is 0 Å². The van der Waals surface area contributed by atoms with E-state index < -0.39 is 29.1 Å². The number of aliphatic hydroxyl groups excluding tert-OH is 1. The lowest BCUT2D eigenvalue weighted by molar-refractivity contribution is -0.146. The molecule has 2 aromatic carbocycles. The van der Waals surface area contributed by atoms with Crippen molar-refractivity contribution in [2.75, 3.05) is 42.6 Å². The number of likely N-dealkylation sites (tertiary alicyclic amines) is 1. The maximum Gasteiger partial charge on any atom is 0.253 e. The summed E-state index contributed by atoms with van der Waals surface area (Å²) in [5.41, 5.74) is -0.806. The SMILES string of the molecule is C=CCN(C(=O)C1N(CCCCO)C(=O)[C@@H]2[C@@H](C(=O)N(CC=C)c3ccc(OCC)cc3)[C@@]3(CC)CCC12O3)c1ccc(Cl)cc1. The van der Waals surface area contributed by atoms with Crippen LogP contribution in [-0.2, 0) is 19.1 Å². The fourth-order valence-corrected chi connectivity index (χ4v) is 7.86. The Labute approximate surface area is 276 Å². The highest BCUT2D eigenvalue weighted by Gasteiger charge is 2.79. The molecule has 3 amide bonds. The fraction of sp³-hybridized carbons (Fsp3) is 0.472. The number of carbonyl (C=O) groups is 3. The minimum Gasteiger partial charge on any atom is -0.494 e. The molecule has 10 heteroatoms. The van der Waals surface area contributed by atoms with Gasteiger partial charge in [-0.3, -0.25) is 14.4 Å². The number of amides is 3. The number of hydrogen-bond donors (Lipinski definition) is 1. The van der Waals surface area contributed by atoms with Crippen molar-refractivity contribution < 1.29 is 29.0 Å². The molecule has 246 valence electrons. The molecule has 3 fully saturated rings. The predicted octanol–water partition coefficient (Wildman–Crippen LogP) is 5.40. The Morgan fingerprint density at radius 1 is 1.00 bits per heavy atom. The molecule has 0 aliphatic carbocycles. The van der Waals surface area contributed by atoms with Crippen LogP contribution in [0.3, 0.4) is 0 Å². The first-order valence-corrected chi connectivity index (χ1v) is 16.5. The number of nitrogens with zero attached hydrogens (tertiary/aromatic N) is 3. The van der Waals surface area contributed by atoms with Crippen LogP contribution in [0.2, 0.25) is 5.02 Å². The van der Waals surface area contributed by atoms with E-state index in [2.05, 4.69) is 13.2 Å². The summed E-state index contributed by atoms with van der Waals surface area (Å²) in [5.74, 6) is -1.73. The van der Waals surface area contributed by atoms with E-state index >= 15 is 0 Å². The number of benzene rings is 2. The van der Waals surface area contributed by atoms with Gasteiger partial charge in [0.1, 0.15) is 17.4 Å². The maximum absolute atomic E-state index is 14.8. The van der Waals surface area contributed by atoms with Crippen LogP contribution in [0.4, 0.5) is 11.4 Å². The van der Waals surface area contributed by atoms with Gasteiger partial charge in [0.2, 0.25) is 11.8 Å². The first kappa shape index (κ1) is 33.7. The molecular formula is C36H44ClN3O6. The van der Waals surface area contributed by atoms with Gasteiger partial charge < -0.3 is 29.3 Å². The second-order valence-corrected chi connectivity index (χ2v) is 12.6. The minimum absolute atomic E-state index is 0.0300. The lowest BCUT2D eigenvalue weighted by Gasteiger charge is -2.37.